The molecule has 2 aromatic carbocycles. The highest BCUT2D eigenvalue weighted by molar-refractivity contribution is 8.20. The zero-order valence-corrected chi connectivity index (χ0v) is 27.7. The molecule has 4 nitrogen and oxygen atoms in total. The van der Waals surface area contributed by atoms with Crippen molar-refractivity contribution in [2.75, 3.05) is 59.2 Å². The summed E-state index contributed by atoms with van der Waals surface area (Å²) in [5.41, 5.74) is 0. The Labute approximate surface area is 263 Å². The van der Waals surface area contributed by atoms with Gasteiger partial charge in [-0.25, -0.2) is 0 Å². The molecule has 2 fully saturated rings. The quantitative estimate of drug-likeness (QED) is 0.160. The first-order chi connectivity index (χ1) is 19.1. The maximum atomic E-state index is 10.2. The lowest BCUT2D eigenvalue weighted by molar-refractivity contribution is 0.126. The molecule has 39 heavy (non-hydrogen) atoms. The summed E-state index contributed by atoms with van der Waals surface area (Å²) in [6.45, 7) is 0.639. The van der Waals surface area contributed by atoms with Crippen molar-refractivity contribution >= 4 is 82.3 Å². The average molecular weight is 663 g/mol. The standard InChI is InChI=1S/C28H38O4S7/c29-21(19-33-11-9-27-35-13-14-36-27)17-31-23-1-5-25(6-2-23)39-26-7-3-24(4-8-26)32-18-22(30)20-34-12-10-28-37-15-16-38-28/h1-8,21-22,27-30H,9-20H2. The lowest BCUT2D eigenvalue weighted by Crippen LogP contribution is -2.20. The van der Waals surface area contributed by atoms with Gasteiger partial charge in [-0.2, -0.15) is 23.5 Å². The molecule has 216 valence electrons. The van der Waals surface area contributed by atoms with Gasteiger partial charge >= 0.3 is 0 Å². The summed E-state index contributed by atoms with van der Waals surface area (Å²) in [6, 6.07) is 16.0. The molecular weight excluding hydrogens is 625 g/mol. The first-order valence-corrected chi connectivity index (χ1v) is 20.6. The van der Waals surface area contributed by atoms with Crippen LogP contribution in [0.25, 0.3) is 0 Å². The van der Waals surface area contributed by atoms with E-state index in [1.165, 1.54) is 35.9 Å². The van der Waals surface area contributed by atoms with Gasteiger partial charge in [0.1, 0.15) is 24.7 Å². The van der Waals surface area contributed by atoms with E-state index in [2.05, 4.69) is 47.0 Å². The highest BCUT2D eigenvalue weighted by Gasteiger charge is 2.17. The average Bonchev–Trinajstić information content (AvgIpc) is 3.68. The van der Waals surface area contributed by atoms with E-state index < -0.39 is 12.2 Å². The molecule has 2 saturated heterocycles. The van der Waals surface area contributed by atoms with Crippen LogP contribution in [-0.2, 0) is 0 Å². The lowest BCUT2D eigenvalue weighted by atomic mass is 10.3. The number of hydrogen-bond acceptors (Lipinski definition) is 11. The van der Waals surface area contributed by atoms with Crippen LogP contribution >= 0.6 is 82.3 Å². The van der Waals surface area contributed by atoms with E-state index in [0.717, 1.165) is 42.0 Å². The number of rotatable bonds is 18. The number of aliphatic hydroxyl groups is 2. The monoisotopic (exact) mass is 662 g/mol. The van der Waals surface area contributed by atoms with Crippen LogP contribution < -0.4 is 9.47 Å². The van der Waals surface area contributed by atoms with E-state index >= 15 is 0 Å². The Morgan fingerprint density at radius 2 is 1.03 bits per heavy atom. The molecule has 0 spiro atoms. The van der Waals surface area contributed by atoms with Gasteiger partial charge in [0, 0.05) is 44.3 Å². The molecule has 4 rings (SSSR count). The smallest absolute Gasteiger partial charge is 0.119 e. The predicted molar refractivity (Wildman–Crippen MR) is 181 cm³/mol. The van der Waals surface area contributed by atoms with Crippen molar-refractivity contribution in [1.29, 1.82) is 0 Å². The fourth-order valence-electron chi connectivity index (χ4n) is 3.77. The number of aliphatic hydroxyl groups excluding tert-OH is 2. The van der Waals surface area contributed by atoms with Crippen LogP contribution in [-0.4, -0.2) is 90.8 Å². The topological polar surface area (TPSA) is 58.9 Å². The Morgan fingerprint density at radius 3 is 1.41 bits per heavy atom. The first kappa shape index (κ1) is 32.3. The molecule has 0 aliphatic carbocycles. The van der Waals surface area contributed by atoms with Crippen molar-refractivity contribution in [3.63, 3.8) is 0 Å². The zero-order valence-electron chi connectivity index (χ0n) is 22.0. The van der Waals surface area contributed by atoms with E-state index in [1.54, 1.807) is 11.8 Å². The molecule has 11 heteroatoms. The fraction of sp³-hybridized carbons (Fsp3) is 0.571. The molecule has 2 aromatic rings. The third-order valence-electron chi connectivity index (χ3n) is 5.77. The molecule has 2 aliphatic rings. The fourth-order valence-corrected chi connectivity index (χ4v) is 12.7. The van der Waals surface area contributed by atoms with Gasteiger partial charge in [-0.15, -0.1) is 47.0 Å². The minimum absolute atomic E-state index is 0.319. The van der Waals surface area contributed by atoms with Crippen molar-refractivity contribution in [1.82, 2.24) is 0 Å². The van der Waals surface area contributed by atoms with Gasteiger partial charge in [0.25, 0.3) is 0 Å². The van der Waals surface area contributed by atoms with Gasteiger partial charge in [-0.1, -0.05) is 11.8 Å². The van der Waals surface area contributed by atoms with Gasteiger partial charge in [-0.3, -0.25) is 0 Å². The summed E-state index contributed by atoms with van der Waals surface area (Å²) in [5, 5.41) is 20.5. The normalized spacial score (nSPS) is 17.9. The van der Waals surface area contributed by atoms with E-state index in [4.69, 9.17) is 9.47 Å². The van der Waals surface area contributed by atoms with E-state index in [-0.39, 0.29) is 0 Å². The van der Waals surface area contributed by atoms with Crippen LogP contribution in [0.1, 0.15) is 12.8 Å². The first-order valence-electron chi connectivity index (χ1n) is 13.3. The Balaban J connectivity index is 1.06. The van der Waals surface area contributed by atoms with Crippen LogP contribution in [0, 0.1) is 0 Å². The van der Waals surface area contributed by atoms with E-state index in [0.29, 0.717) is 24.7 Å². The summed E-state index contributed by atoms with van der Waals surface area (Å²) >= 11 is 13.6. The number of hydrogen-bond donors (Lipinski definition) is 2. The summed E-state index contributed by atoms with van der Waals surface area (Å²) in [7, 11) is 0. The highest BCUT2D eigenvalue weighted by Crippen LogP contribution is 2.36. The van der Waals surface area contributed by atoms with Crippen LogP contribution in [0.4, 0.5) is 0 Å². The summed E-state index contributed by atoms with van der Waals surface area (Å²) in [4.78, 5) is 2.24. The molecule has 0 radical (unpaired) electrons. The summed E-state index contributed by atoms with van der Waals surface area (Å²) < 4.78 is 13.1. The van der Waals surface area contributed by atoms with Gasteiger partial charge in [0.2, 0.25) is 0 Å². The molecular formula is C28H38O4S7. The molecule has 2 unspecified atom stereocenters. The zero-order chi connectivity index (χ0) is 27.1. The third-order valence-corrected chi connectivity index (χ3v) is 15.4. The van der Waals surface area contributed by atoms with E-state index in [9.17, 15) is 10.2 Å². The highest BCUT2D eigenvalue weighted by atomic mass is 32.2. The van der Waals surface area contributed by atoms with Gasteiger partial charge in [0.15, 0.2) is 0 Å². The second kappa shape index (κ2) is 18.8. The number of ether oxygens (including phenoxy) is 2. The van der Waals surface area contributed by atoms with Crippen molar-refractivity contribution in [3.05, 3.63) is 48.5 Å². The molecule has 2 aliphatic heterocycles. The number of thioether (sulfide) groups is 6. The largest absolute Gasteiger partial charge is 0.491 e. The Hall–Kier alpha value is 0.410. The Morgan fingerprint density at radius 1 is 0.641 bits per heavy atom. The van der Waals surface area contributed by atoms with Crippen molar-refractivity contribution < 1.29 is 19.7 Å². The maximum Gasteiger partial charge on any atom is 0.119 e. The Kier molecular flexibility index (Phi) is 15.6. The second-order valence-corrected chi connectivity index (χ2v) is 18.3. The SMILES string of the molecule is OC(COc1ccc(Sc2ccc(OCC(O)CSCCC3SCCS3)cc2)cc1)CSCCC1SCCS1. The second-order valence-electron chi connectivity index (χ2n) is 9.04. The summed E-state index contributed by atoms with van der Waals surface area (Å²) in [5.74, 6) is 10.3. The van der Waals surface area contributed by atoms with Crippen LogP contribution in [0.3, 0.4) is 0 Å². The maximum absolute atomic E-state index is 10.2. The number of benzene rings is 2. The van der Waals surface area contributed by atoms with E-state index in [1.807, 2.05) is 72.1 Å². The molecule has 0 saturated carbocycles. The Bertz CT molecular complexity index is 847. The lowest BCUT2D eigenvalue weighted by Gasteiger charge is -2.14. The molecule has 2 N–H and O–H groups in total. The minimum Gasteiger partial charge on any atom is -0.491 e. The third kappa shape index (κ3) is 13.1. The van der Waals surface area contributed by atoms with Crippen LogP contribution in [0.2, 0.25) is 0 Å². The molecule has 2 heterocycles. The van der Waals surface area contributed by atoms with Crippen molar-refractivity contribution in [2.45, 2.75) is 44.0 Å². The predicted octanol–water partition coefficient (Wildman–Crippen LogP) is 7.18. The molecule has 2 atom stereocenters. The van der Waals surface area contributed by atoms with Gasteiger partial charge in [-0.05, 0) is 72.9 Å². The molecule has 0 amide bonds. The van der Waals surface area contributed by atoms with Crippen LogP contribution in [0.15, 0.2) is 58.3 Å². The van der Waals surface area contributed by atoms with Crippen molar-refractivity contribution in [2.24, 2.45) is 0 Å². The van der Waals surface area contributed by atoms with Gasteiger partial charge in [0.05, 0.1) is 21.4 Å². The van der Waals surface area contributed by atoms with Gasteiger partial charge < -0.3 is 19.7 Å². The molecule has 0 bridgehead atoms. The molecule has 0 aromatic heterocycles. The minimum atomic E-state index is -0.450. The van der Waals surface area contributed by atoms with Crippen molar-refractivity contribution in [3.8, 4) is 11.5 Å². The summed E-state index contributed by atoms with van der Waals surface area (Å²) in [6.07, 6.45) is 1.52. The van der Waals surface area contributed by atoms with Crippen LogP contribution in [0.5, 0.6) is 11.5 Å².